The zero-order valence-corrected chi connectivity index (χ0v) is 12.2. The second-order valence-corrected chi connectivity index (χ2v) is 5.25. The predicted molar refractivity (Wildman–Crippen MR) is 76.6 cm³/mol. The second-order valence-electron chi connectivity index (χ2n) is 4.33. The van der Waals surface area contributed by atoms with Crippen molar-refractivity contribution in [2.24, 2.45) is 0 Å². The Hall–Kier alpha value is -1.91. The van der Waals surface area contributed by atoms with E-state index >= 15 is 0 Å². The maximum Gasteiger partial charge on any atom is 0.304 e. The van der Waals surface area contributed by atoms with E-state index in [9.17, 15) is 9.59 Å². The maximum atomic E-state index is 11.9. The highest BCUT2D eigenvalue weighted by Crippen LogP contribution is 2.22. The Morgan fingerprint density at radius 2 is 2.30 bits per heavy atom. The van der Waals surface area contributed by atoms with Gasteiger partial charge in [-0.05, 0) is 24.9 Å². The van der Waals surface area contributed by atoms with Crippen molar-refractivity contribution in [3.8, 4) is 6.07 Å². The number of nitrogens with zero attached hydrogens (tertiary/aromatic N) is 2. The van der Waals surface area contributed by atoms with Crippen molar-refractivity contribution in [3.63, 3.8) is 0 Å². The third-order valence-electron chi connectivity index (χ3n) is 2.88. The Kier molecular flexibility index (Phi) is 6.15. The van der Waals surface area contributed by atoms with Crippen LogP contribution in [0.3, 0.4) is 0 Å². The molecule has 20 heavy (non-hydrogen) atoms. The number of thiophene rings is 1. The lowest BCUT2D eigenvalue weighted by Gasteiger charge is -2.25. The fraction of sp³-hybridized carbons (Fsp3) is 0.462. The molecule has 2 N–H and O–H groups in total. The van der Waals surface area contributed by atoms with Gasteiger partial charge in [0.2, 0.25) is 5.91 Å². The molecule has 1 heterocycles. The molecule has 7 heteroatoms. The molecule has 1 atom stereocenters. The Morgan fingerprint density at radius 3 is 2.85 bits per heavy atom. The van der Waals surface area contributed by atoms with E-state index in [4.69, 9.17) is 10.4 Å². The number of hydrogen-bond donors (Lipinski definition) is 2. The zero-order chi connectivity index (χ0) is 15.1. The number of carboxylic acids is 1. The third-order valence-corrected chi connectivity index (χ3v) is 3.71. The Bertz CT molecular complexity index is 521. The lowest BCUT2D eigenvalue weighted by Crippen LogP contribution is -2.40. The summed E-state index contributed by atoms with van der Waals surface area (Å²) < 4.78 is 0. The monoisotopic (exact) mass is 295 g/mol. The number of aliphatic carboxylic acids is 1. The zero-order valence-electron chi connectivity index (χ0n) is 11.4. The van der Waals surface area contributed by atoms with Crippen molar-refractivity contribution in [1.82, 2.24) is 4.90 Å². The predicted octanol–water partition coefficient (Wildman–Crippen LogP) is 1.74. The molecule has 0 bridgehead atoms. The number of carboxylic acid groups (broad SMARTS) is 1. The number of hydrogen-bond acceptors (Lipinski definition) is 5. The van der Waals surface area contributed by atoms with Gasteiger partial charge >= 0.3 is 5.97 Å². The number of likely N-dealkylation sites (N-methyl/N-ethyl adjacent to an activating group) is 1. The van der Waals surface area contributed by atoms with E-state index in [1.807, 2.05) is 13.0 Å². The highest BCUT2D eigenvalue weighted by Gasteiger charge is 2.19. The first kappa shape index (κ1) is 16.1. The van der Waals surface area contributed by atoms with Gasteiger partial charge in [0.1, 0.15) is 11.1 Å². The van der Waals surface area contributed by atoms with Crippen LogP contribution in [0.5, 0.6) is 0 Å². The number of rotatable bonds is 7. The number of nitriles is 1. The number of anilines is 1. The minimum atomic E-state index is -0.888. The van der Waals surface area contributed by atoms with Crippen LogP contribution in [0.4, 0.5) is 5.00 Å². The quantitative estimate of drug-likeness (QED) is 0.799. The molecule has 0 radical (unpaired) electrons. The third kappa shape index (κ3) is 4.64. The van der Waals surface area contributed by atoms with E-state index in [2.05, 4.69) is 5.32 Å². The van der Waals surface area contributed by atoms with Crippen LogP contribution in [0.2, 0.25) is 0 Å². The summed E-state index contributed by atoms with van der Waals surface area (Å²) in [4.78, 5) is 24.4. The van der Waals surface area contributed by atoms with Crippen molar-refractivity contribution >= 4 is 28.2 Å². The van der Waals surface area contributed by atoms with Crippen LogP contribution in [0.1, 0.15) is 25.8 Å². The summed E-state index contributed by atoms with van der Waals surface area (Å²) in [5.74, 6) is -1.13. The lowest BCUT2D eigenvalue weighted by molar-refractivity contribution is -0.138. The van der Waals surface area contributed by atoms with Gasteiger partial charge in [0.05, 0.1) is 18.5 Å². The topological polar surface area (TPSA) is 93.4 Å². The first-order valence-electron chi connectivity index (χ1n) is 6.21. The standard InChI is InChI=1S/C13H17N3O3S/c1-3-16(9(2)6-12(18)19)8-11(17)15-13-10(7-14)4-5-20-13/h4-5,9H,3,6,8H2,1-2H3,(H,15,17)(H,18,19). The number of amides is 1. The van der Waals surface area contributed by atoms with E-state index in [1.54, 1.807) is 23.3 Å². The van der Waals surface area contributed by atoms with Crippen molar-refractivity contribution in [1.29, 1.82) is 5.26 Å². The van der Waals surface area contributed by atoms with Crippen LogP contribution >= 0.6 is 11.3 Å². The molecule has 0 aliphatic rings. The fourth-order valence-corrected chi connectivity index (χ4v) is 2.56. The van der Waals surface area contributed by atoms with Gasteiger partial charge in [0.15, 0.2) is 0 Å². The van der Waals surface area contributed by atoms with Gasteiger partial charge in [-0.1, -0.05) is 6.92 Å². The molecule has 1 amide bonds. The summed E-state index contributed by atoms with van der Waals surface area (Å²) in [5.41, 5.74) is 0.435. The molecule has 1 aromatic heterocycles. The van der Waals surface area contributed by atoms with Gasteiger partial charge in [0.25, 0.3) is 0 Å². The van der Waals surface area contributed by atoms with Gasteiger partial charge in [-0.3, -0.25) is 14.5 Å². The molecule has 1 unspecified atom stereocenters. The summed E-state index contributed by atoms with van der Waals surface area (Å²) in [5, 5.41) is 22.6. The minimum Gasteiger partial charge on any atom is -0.481 e. The largest absolute Gasteiger partial charge is 0.481 e. The van der Waals surface area contributed by atoms with Gasteiger partial charge in [-0.2, -0.15) is 5.26 Å². The van der Waals surface area contributed by atoms with Crippen LogP contribution in [0.15, 0.2) is 11.4 Å². The smallest absolute Gasteiger partial charge is 0.304 e. The number of carbonyl (C=O) groups excluding carboxylic acids is 1. The highest BCUT2D eigenvalue weighted by atomic mass is 32.1. The molecule has 1 aromatic rings. The van der Waals surface area contributed by atoms with Crippen LogP contribution in [0.25, 0.3) is 0 Å². The second kappa shape index (κ2) is 7.62. The summed E-state index contributed by atoms with van der Waals surface area (Å²) >= 11 is 1.29. The molecular weight excluding hydrogens is 278 g/mol. The van der Waals surface area contributed by atoms with Crippen LogP contribution in [-0.4, -0.2) is 41.0 Å². The minimum absolute atomic E-state index is 0.0103. The SMILES string of the molecule is CCN(CC(=O)Nc1sccc1C#N)C(C)CC(=O)O. The molecule has 0 aliphatic carbocycles. The Morgan fingerprint density at radius 1 is 1.60 bits per heavy atom. The lowest BCUT2D eigenvalue weighted by atomic mass is 10.2. The van der Waals surface area contributed by atoms with Crippen LogP contribution < -0.4 is 5.32 Å². The van der Waals surface area contributed by atoms with E-state index in [0.717, 1.165) is 0 Å². The number of carbonyl (C=O) groups is 2. The van der Waals surface area contributed by atoms with Gasteiger partial charge in [-0.15, -0.1) is 11.3 Å². The summed E-state index contributed by atoms with van der Waals surface area (Å²) in [6.45, 7) is 4.33. The number of nitrogens with one attached hydrogen (secondary N) is 1. The van der Waals surface area contributed by atoms with E-state index in [1.165, 1.54) is 11.3 Å². The molecule has 6 nitrogen and oxygen atoms in total. The fourth-order valence-electron chi connectivity index (χ4n) is 1.81. The van der Waals surface area contributed by atoms with Crippen LogP contribution in [-0.2, 0) is 9.59 Å². The average molecular weight is 295 g/mol. The maximum absolute atomic E-state index is 11.9. The molecule has 0 saturated carbocycles. The Balaban J connectivity index is 2.60. The molecule has 0 aliphatic heterocycles. The molecule has 0 aromatic carbocycles. The molecule has 0 spiro atoms. The van der Waals surface area contributed by atoms with Crippen molar-refractivity contribution in [3.05, 3.63) is 17.0 Å². The van der Waals surface area contributed by atoms with E-state index < -0.39 is 5.97 Å². The van der Waals surface area contributed by atoms with Gasteiger partial charge < -0.3 is 10.4 Å². The average Bonchev–Trinajstić information content (AvgIpc) is 2.82. The van der Waals surface area contributed by atoms with Crippen molar-refractivity contribution in [2.75, 3.05) is 18.4 Å². The molecule has 0 saturated heterocycles. The summed E-state index contributed by atoms with van der Waals surface area (Å²) in [6.07, 6.45) is -0.0103. The Labute approximate surface area is 121 Å². The van der Waals surface area contributed by atoms with Crippen molar-refractivity contribution in [2.45, 2.75) is 26.3 Å². The van der Waals surface area contributed by atoms with Crippen molar-refractivity contribution < 1.29 is 14.7 Å². The van der Waals surface area contributed by atoms with Gasteiger partial charge in [0, 0.05) is 6.04 Å². The molecule has 108 valence electrons. The molecular formula is C13H17N3O3S. The van der Waals surface area contributed by atoms with Gasteiger partial charge in [-0.25, -0.2) is 0 Å². The molecule has 1 rings (SSSR count). The van der Waals surface area contributed by atoms with E-state index in [-0.39, 0.29) is 24.9 Å². The first-order valence-corrected chi connectivity index (χ1v) is 7.09. The molecule has 0 fully saturated rings. The van der Waals surface area contributed by atoms with Crippen LogP contribution in [0, 0.1) is 11.3 Å². The summed E-state index contributed by atoms with van der Waals surface area (Å²) in [6, 6.07) is 3.42. The normalized spacial score (nSPS) is 11.9. The first-order chi connectivity index (χ1) is 9.47. The van der Waals surface area contributed by atoms with E-state index in [0.29, 0.717) is 17.1 Å². The summed E-state index contributed by atoms with van der Waals surface area (Å²) in [7, 11) is 0. The highest BCUT2D eigenvalue weighted by molar-refractivity contribution is 7.14.